The largest absolute Gasteiger partial charge is 0.373 e. The number of anilines is 1. The fourth-order valence-electron chi connectivity index (χ4n) is 1.86. The van der Waals surface area contributed by atoms with Gasteiger partial charge in [-0.15, -0.1) is 0 Å². The summed E-state index contributed by atoms with van der Waals surface area (Å²) in [4.78, 5) is 2.21. The first-order valence-electron chi connectivity index (χ1n) is 6.50. The molecule has 0 aliphatic rings. The van der Waals surface area contributed by atoms with E-state index >= 15 is 0 Å². The second-order valence-electron chi connectivity index (χ2n) is 4.61. The van der Waals surface area contributed by atoms with Gasteiger partial charge in [-0.25, -0.2) is 13.1 Å². The van der Waals surface area contributed by atoms with Gasteiger partial charge in [-0.05, 0) is 36.4 Å². The Balaban J connectivity index is 1.92. The summed E-state index contributed by atoms with van der Waals surface area (Å²) in [6.45, 7) is 0.910. The van der Waals surface area contributed by atoms with Gasteiger partial charge in [0, 0.05) is 30.8 Å². The van der Waals surface area contributed by atoms with Crippen LogP contribution in [-0.4, -0.2) is 28.6 Å². The van der Waals surface area contributed by atoms with Gasteiger partial charge in [0.25, 0.3) is 0 Å². The van der Waals surface area contributed by atoms with Crippen LogP contribution in [0.4, 0.5) is 5.69 Å². The zero-order valence-corrected chi connectivity index (χ0v) is 13.2. The van der Waals surface area contributed by atoms with Gasteiger partial charge in [0.05, 0.1) is 4.90 Å². The topological polar surface area (TPSA) is 49.4 Å². The fourth-order valence-corrected chi connectivity index (χ4v) is 3.00. The van der Waals surface area contributed by atoms with Crippen LogP contribution in [0.2, 0.25) is 5.02 Å². The van der Waals surface area contributed by atoms with Gasteiger partial charge in [0.1, 0.15) is 0 Å². The lowest BCUT2D eigenvalue weighted by molar-refractivity contribution is 0.581. The number of sulfonamides is 1. The Morgan fingerprint density at radius 2 is 1.67 bits per heavy atom. The predicted molar refractivity (Wildman–Crippen MR) is 86.4 cm³/mol. The molecule has 0 atom stereocenters. The lowest BCUT2D eigenvalue weighted by Crippen LogP contribution is -2.33. The standard InChI is InChI=1S/C15H17ClN2O2S/c1-18(14-5-3-2-4-6-14)12-11-17-21(19,20)15-9-7-13(16)8-10-15/h2-10,17H,11-12H2,1H3. The van der Waals surface area contributed by atoms with Gasteiger partial charge in [0.15, 0.2) is 0 Å². The van der Waals surface area contributed by atoms with Crippen LogP contribution in [-0.2, 0) is 10.0 Å². The van der Waals surface area contributed by atoms with Crippen LogP contribution in [0.1, 0.15) is 0 Å². The summed E-state index contributed by atoms with van der Waals surface area (Å²) in [7, 11) is -1.57. The van der Waals surface area contributed by atoms with E-state index in [1.807, 2.05) is 42.3 Å². The first kappa shape index (κ1) is 15.8. The van der Waals surface area contributed by atoms with Gasteiger partial charge in [0.2, 0.25) is 10.0 Å². The highest BCUT2D eigenvalue weighted by Crippen LogP contribution is 2.14. The molecule has 21 heavy (non-hydrogen) atoms. The van der Waals surface area contributed by atoms with E-state index in [0.717, 1.165) is 5.69 Å². The Labute approximate surface area is 130 Å². The number of likely N-dealkylation sites (N-methyl/N-ethyl adjacent to an activating group) is 1. The number of benzene rings is 2. The molecular formula is C15H17ClN2O2S. The lowest BCUT2D eigenvalue weighted by atomic mass is 10.3. The zero-order chi connectivity index (χ0) is 15.3. The molecule has 0 amide bonds. The summed E-state index contributed by atoms with van der Waals surface area (Å²) in [6, 6.07) is 15.9. The summed E-state index contributed by atoms with van der Waals surface area (Å²) in [5.41, 5.74) is 1.04. The van der Waals surface area contributed by atoms with E-state index in [0.29, 0.717) is 18.1 Å². The summed E-state index contributed by atoms with van der Waals surface area (Å²) in [5.74, 6) is 0. The quantitative estimate of drug-likeness (QED) is 0.889. The number of halogens is 1. The van der Waals surface area contributed by atoms with Crippen molar-refractivity contribution in [2.45, 2.75) is 4.90 Å². The Morgan fingerprint density at radius 3 is 2.29 bits per heavy atom. The van der Waals surface area contributed by atoms with Crippen molar-refractivity contribution in [1.29, 1.82) is 0 Å². The molecular weight excluding hydrogens is 308 g/mol. The fraction of sp³-hybridized carbons (Fsp3) is 0.200. The highest BCUT2D eigenvalue weighted by molar-refractivity contribution is 7.89. The van der Waals surface area contributed by atoms with Crippen LogP contribution in [0, 0.1) is 0 Å². The molecule has 0 radical (unpaired) electrons. The van der Waals surface area contributed by atoms with E-state index in [2.05, 4.69) is 4.72 Å². The molecule has 0 aliphatic carbocycles. The maximum atomic E-state index is 12.1. The SMILES string of the molecule is CN(CCNS(=O)(=O)c1ccc(Cl)cc1)c1ccccc1. The van der Waals surface area contributed by atoms with Crippen LogP contribution >= 0.6 is 11.6 Å². The molecule has 0 bridgehead atoms. The molecule has 0 spiro atoms. The maximum Gasteiger partial charge on any atom is 0.240 e. The molecule has 2 aromatic rings. The highest BCUT2D eigenvalue weighted by atomic mass is 35.5. The van der Waals surface area contributed by atoms with Crippen molar-refractivity contribution >= 4 is 27.3 Å². The highest BCUT2D eigenvalue weighted by Gasteiger charge is 2.13. The van der Waals surface area contributed by atoms with Crippen molar-refractivity contribution in [3.05, 3.63) is 59.6 Å². The summed E-state index contributed by atoms with van der Waals surface area (Å²) >= 11 is 5.75. The van der Waals surface area contributed by atoms with Gasteiger partial charge in [-0.2, -0.15) is 0 Å². The van der Waals surface area contributed by atoms with Crippen molar-refractivity contribution in [1.82, 2.24) is 4.72 Å². The summed E-state index contributed by atoms with van der Waals surface area (Å²) in [5, 5.41) is 0.512. The minimum Gasteiger partial charge on any atom is -0.373 e. The zero-order valence-electron chi connectivity index (χ0n) is 11.7. The van der Waals surface area contributed by atoms with Crippen LogP contribution in [0.15, 0.2) is 59.5 Å². The van der Waals surface area contributed by atoms with E-state index in [1.54, 1.807) is 12.1 Å². The van der Waals surface area contributed by atoms with Crippen LogP contribution in [0.3, 0.4) is 0 Å². The monoisotopic (exact) mass is 324 g/mol. The normalized spacial score (nSPS) is 11.3. The number of nitrogens with zero attached hydrogens (tertiary/aromatic N) is 1. The number of para-hydroxylation sites is 1. The number of hydrogen-bond donors (Lipinski definition) is 1. The number of hydrogen-bond acceptors (Lipinski definition) is 3. The first-order valence-corrected chi connectivity index (χ1v) is 8.36. The Bertz CT molecular complexity index is 673. The molecule has 4 nitrogen and oxygen atoms in total. The molecule has 2 rings (SSSR count). The predicted octanol–water partition coefficient (Wildman–Crippen LogP) is 2.75. The number of nitrogens with one attached hydrogen (secondary N) is 1. The van der Waals surface area contributed by atoms with E-state index in [4.69, 9.17) is 11.6 Å². The molecule has 2 aromatic carbocycles. The molecule has 0 saturated heterocycles. The molecule has 0 aromatic heterocycles. The van der Waals surface area contributed by atoms with Crippen LogP contribution < -0.4 is 9.62 Å². The second kappa shape index (κ2) is 6.93. The van der Waals surface area contributed by atoms with E-state index < -0.39 is 10.0 Å². The lowest BCUT2D eigenvalue weighted by Gasteiger charge is -2.19. The van der Waals surface area contributed by atoms with E-state index in [-0.39, 0.29) is 4.90 Å². The summed E-state index contributed by atoms with van der Waals surface area (Å²) in [6.07, 6.45) is 0. The average molecular weight is 325 g/mol. The third-order valence-corrected chi connectivity index (χ3v) is 4.79. The van der Waals surface area contributed by atoms with Crippen molar-refractivity contribution in [2.75, 3.05) is 25.0 Å². The average Bonchev–Trinajstić information content (AvgIpc) is 2.48. The Morgan fingerprint density at radius 1 is 1.05 bits per heavy atom. The van der Waals surface area contributed by atoms with Gasteiger partial charge >= 0.3 is 0 Å². The number of rotatable bonds is 6. The van der Waals surface area contributed by atoms with Crippen LogP contribution in [0.25, 0.3) is 0 Å². The molecule has 6 heteroatoms. The third-order valence-electron chi connectivity index (χ3n) is 3.06. The van der Waals surface area contributed by atoms with Crippen molar-refractivity contribution in [3.8, 4) is 0 Å². The molecule has 0 heterocycles. The van der Waals surface area contributed by atoms with Gasteiger partial charge in [-0.1, -0.05) is 29.8 Å². The summed E-state index contributed by atoms with van der Waals surface area (Å²) < 4.78 is 26.8. The molecule has 0 fully saturated rings. The Hall–Kier alpha value is -1.56. The van der Waals surface area contributed by atoms with E-state index in [1.165, 1.54) is 12.1 Å². The minimum atomic E-state index is -3.49. The molecule has 0 aliphatic heterocycles. The van der Waals surface area contributed by atoms with E-state index in [9.17, 15) is 8.42 Å². The molecule has 1 N–H and O–H groups in total. The maximum absolute atomic E-state index is 12.1. The van der Waals surface area contributed by atoms with Crippen LogP contribution in [0.5, 0.6) is 0 Å². The third kappa shape index (κ3) is 4.46. The second-order valence-corrected chi connectivity index (χ2v) is 6.81. The molecule has 0 unspecified atom stereocenters. The van der Waals surface area contributed by atoms with Gasteiger partial charge in [-0.3, -0.25) is 0 Å². The molecule has 0 saturated carbocycles. The van der Waals surface area contributed by atoms with Crippen molar-refractivity contribution in [3.63, 3.8) is 0 Å². The van der Waals surface area contributed by atoms with Gasteiger partial charge < -0.3 is 4.90 Å². The Kier molecular flexibility index (Phi) is 5.22. The molecule has 112 valence electrons. The van der Waals surface area contributed by atoms with Crippen molar-refractivity contribution in [2.24, 2.45) is 0 Å². The smallest absolute Gasteiger partial charge is 0.240 e. The minimum absolute atomic E-state index is 0.217. The van der Waals surface area contributed by atoms with Crippen molar-refractivity contribution < 1.29 is 8.42 Å². The first-order chi connectivity index (χ1) is 9.99.